The van der Waals surface area contributed by atoms with Gasteiger partial charge in [-0.2, -0.15) is 0 Å². The summed E-state index contributed by atoms with van der Waals surface area (Å²) in [5, 5.41) is 12.5. The number of aliphatic hydroxyl groups is 1. The van der Waals surface area contributed by atoms with Gasteiger partial charge in [-0.3, -0.25) is 0 Å². The molecule has 0 saturated heterocycles. The summed E-state index contributed by atoms with van der Waals surface area (Å²) in [5.74, 6) is 0. The molecule has 1 aromatic rings. The minimum Gasteiger partial charge on any atom is -0.444 e. The summed E-state index contributed by atoms with van der Waals surface area (Å²) in [6.07, 6.45) is -3.20. The Kier molecular flexibility index (Phi) is 8.23. The van der Waals surface area contributed by atoms with Crippen LogP contribution in [0.2, 0.25) is 18.1 Å². The summed E-state index contributed by atoms with van der Waals surface area (Å²) < 4.78 is 27.0. The predicted octanol–water partition coefficient (Wildman–Crippen LogP) is 4.97. The molecule has 1 aromatic carbocycles. The van der Waals surface area contributed by atoms with Crippen LogP contribution < -0.4 is 5.32 Å². The molecule has 160 valence electrons. The zero-order valence-electron chi connectivity index (χ0n) is 18.4. The van der Waals surface area contributed by atoms with Crippen LogP contribution in [0.15, 0.2) is 30.3 Å². The Morgan fingerprint density at radius 2 is 1.68 bits per heavy atom. The molecule has 0 spiro atoms. The monoisotopic (exact) mass is 413 g/mol. The molecule has 3 unspecified atom stereocenters. The first-order valence-electron chi connectivity index (χ1n) is 9.65. The van der Waals surface area contributed by atoms with E-state index in [1.165, 1.54) is 0 Å². The number of aliphatic hydroxyl groups excluding tert-OH is 1. The highest BCUT2D eigenvalue weighted by atomic mass is 28.4. The lowest BCUT2D eigenvalue weighted by molar-refractivity contribution is 0.0191. The number of alkyl carbamates (subject to hydrolysis) is 1. The fraction of sp³-hybridized carbons (Fsp3) is 0.667. The van der Waals surface area contributed by atoms with E-state index in [0.29, 0.717) is 5.56 Å². The maximum atomic E-state index is 15.5. The second-order valence-electron chi connectivity index (χ2n) is 9.58. The molecule has 0 aliphatic carbocycles. The van der Waals surface area contributed by atoms with E-state index in [1.807, 2.05) is 13.1 Å². The van der Waals surface area contributed by atoms with Gasteiger partial charge in [0.15, 0.2) is 8.32 Å². The summed E-state index contributed by atoms with van der Waals surface area (Å²) in [4.78, 5) is 12.4. The minimum absolute atomic E-state index is 0.130. The van der Waals surface area contributed by atoms with E-state index < -0.39 is 44.9 Å². The van der Waals surface area contributed by atoms with Crippen LogP contribution in [0.3, 0.4) is 0 Å². The fourth-order valence-electron chi connectivity index (χ4n) is 2.42. The minimum atomic E-state index is -2.32. The van der Waals surface area contributed by atoms with Crippen LogP contribution in [0.4, 0.5) is 9.18 Å². The maximum absolute atomic E-state index is 15.5. The highest BCUT2D eigenvalue weighted by Gasteiger charge is 2.43. The molecule has 5 nitrogen and oxygen atoms in total. The Hall–Kier alpha value is -1.44. The van der Waals surface area contributed by atoms with Crippen molar-refractivity contribution in [2.75, 3.05) is 6.61 Å². The van der Waals surface area contributed by atoms with Crippen molar-refractivity contribution in [2.45, 2.75) is 83.6 Å². The van der Waals surface area contributed by atoms with Gasteiger partial charge in [0.2, 0.25) is 0 Å². The van der Waals surface area contributed by atoms with Gasteiger partial charge in [-0.15, -0.1) is 0 Å². The van der Waals surface area contributed by atoms with Gasteiger partial charge in [-0.1, -0.05) is 51.1 Å². The van der Waals surface area contributed by atoms with Crippen molar-refractivity contribution in [3.8, 4) is 0 Å². The molecule has 0 aromatic heterocycles. The largest absolute Gasteiger partial charge is 0.444 e. The standard InChI is InChI=1S/C21H36FNO4Si/c1-20(2,3)26-19(25)23-18(17(22)15-12-10-9-11-13-15)16(14-24)27-28(7,8)21(4,5)6/h9-13,16-18,24H,14H2,1-8H3,(H,23,25). The van der Waals surface area contributed by atoms with Gasteiger partial charge < -0.3 is 19.6 Å². The highest BCUT2D eigenvalue weighted by molar-refractivity contribution is 6.74. The average Bonchev–Trinajstić information content (AvgIpc) is 2.55. The van der Waals surface area contributed by atoms with E-state index in [2.05, 4.69) is 26.1 Å². The van der Waals surface area contributed by atoms with E-state index in [9.17, 15) is 9.90 Å². The smallest absolute Gasteiger partial charge is 0.408 e. The lowest BCUT2D eigenvalue weighted by Gasteiger charge is -2.41. The van der Waals surface area contributed by atoms with E-state index in [1.54, 1.807) is 51.1 Å². The Balaban J connectivity index is 3.18. The molecule has 1 rings (SSSR count). The molecule has 0 fully saturated rings. The fourth-order valence-corrected chi connectivity index (χ4v) is 3.75. The Morgan fingerprint density at radius 1 is 1.14 bits per heavy atom. The van der Waals surface area contributed by atoms with E-state index in [-0.39, 0.29) is 5.04 Å². The molecule has 3 atom stereocenters. The SMILES string of the molecule is CC(C)(C)OC(=O)NC(C(CO)O[Si](C)(C)C(C)(C)C)C(F)c1ccccc1. The molecule has 7 heteroatoms. The number of benzene rings is 1. The maximum Gasteiger partial charge on any atom is 0.408 e. The molecule has 1 amide bonds. The Labute approximate surface area is 169 Å². The molecule has 0 radical (unpaired) electrons. The molecular weight excluding hydrogens is 377 g/mol. The van der Waals surface area contributed by atoms with Gasteiger partial charge >= 0.3 is 6.09 Å². The molecule has 0 heterocycles. The third-order valence-electron chi connectivity index (χ3n) is 4.95. The summed E-state index contributed by atoms with van der Waals surface area (Å²) in [6, 6.07) is 7.47. The molecule has 0 saturated carbocycles. The number of carbonyl (C=O) groups excluding carboxylic acids is 1. The zero-order chi connectivity index (χ0) is 21.8. The molecule has 28 heavy (non-hydrogen) atoms. The first kappa shape index (κ1) is 24.6. The third-order valence-corrected chi connectivity index (χ3v) is 9.45. The van der Waals surface area contributed by atoms with Crippen molar-refractivity contribution in [1.82, 2.24) is 5.32 Å². The van der Waals surface area contributed by atoms with Crippen LogP contribution in [0.1, 0.15) is 53.3 Å². The number of nitrogens with one attached hydrogen (secondary N) is 1. The van der Waals surface area contributed by atoms with Gasteiger partial charge in [-0.25, -0.2) is 9.18 Å². The number of ether oxygens (including phenoxy) is 1. The van der Waals surface area contributed by atoms with Crippen LogP contribution in [0.25, 0.3) is 0 Å². The molecule has 0 aliphatic heterocycles. The third kappa shape index (κ3) is 7.18. The Bertz CT molecular complexity index is 626. The van der Waals surface area contributed by atoms with E-state index in [0.717, 1.165) is 0 Å². The number of alkyl halides is 1. The van der Waals surface area contributed by atoms with E-state index >= 15 is 4.39 Å². The second-order valence-corrected chi connectivity index (χ2v) is 14.3. The van der Waals surface area contributed by atoms with Crippen LogP contribution in [0, 0.1) is 0 Å². The zero-order valence-corrected chi connectivity index (χ0v) is 19.4. The quantitative estimate of drug-likeness (QED) is 0.619. The van der Waals surface area contributed by atoms with Gasteiger partial charge in [0.25, 0.3) is 0 Å². The highest BCUT2D eigenvalue weighted by Crippen LogP contribution is 2.38. The average molecular weight is 414 g/mol. The van der Waals surface area contributed by atoms with Crippen molar-refractivity contribution in [2.24, 2.45) is 0 Å². The lowest BCUT2D eigenvalue weighted by atomic mass is 9.99. The van der Waals surface area contributed by atoms with Crippen molar-refractivity contribution < 1.29 is 23.5 Å². The first-order chi connectivity index (χ1) is 12.7. The molecule has 0 aliphatic rings. The number of halogens is 1. The lowest BCUT2D eigenvalue weighted by Crippen LogP contribution is -2.55. The van der Waals surface area contributed by atoms with Gasteiger partial charge in [0, 0.05) is 0 Å². The van der Waals surface area contributed by atoms with E-state index in [4.69, 9.17) is 9.16 Å². The van der Waals surface area contributed by atoms with Crippen molar-refractivity contribution in [3.05, 3.63) is 35.9 Å². The second kappa shape index (κ2) is 9.37. The summed E-state index contributed by atoms with van der Waals surface area (Å²) in [6.45, 7) is 15.0. The van der Waals surface area contributed by atoms with Gasteiger partial charge in [0.05, 0.1) is 18.8 Å². The van der Waals surface area contributed by atoms with Crippen LogP contribution >= 0.6 is 0 Å². The summed E-state index contributed by atoms with van der Waals surface area (Å²) in [7, 11) is -2.32. The van der Waals surface area contributed by atoms with Crippen molar-refractivity contribution >= 4 is 14.4 Å². The first-order valence-corrected chi connectivity index (χ1v) is 12.6. The van der Waals surface area contributed by atoms with Crippen molar-refractivity contribution in [1.29, 1.82) is 0 Å². The predicted molar refractivity (Wildman–Crippen MR) is 113 cm³/mol. The number of carbonyl (C=O) groups is 1. The number of hydrogen-bond acceptors (Lipinski definition) is 4. The topological polar surface area (TPSA) is 67.8 Å². The summed E-state index contributed by atoms with van der Waals surface area (Å²) >= 11 is 0. The summed E-state index contributed by atoms with van der Waals surface area (Å²) in [5.41, 5.74) is -0.316. The normalized spacial score (nSPS) is 16.2. The van der Waals surface area contributed by atoms with Crippen molar-refractivity contribution in [3.63, 3.8) is 0 Å². The van der Waals surface area contributed by atoms with Crippen LogP contribution in [-0.4, -0.2) is 43.9 Å². The van der Waals surface area contributed by atoms with Crippen LogP contribution in [-0.2, 0) is 9.16 Å². The number of hydrogen-bond donors (Lipinski definition) is 2. The molecular formula is C21H36FNO4Si. The van der Waals surface area contributed by atoms with Gasteiger partial charge in [0.1, 0.15) is 11.8 Å². The van der Waals surface area contributed by atoms with Crippen LogP contribution in [0.5, 0.6) is 0 Å². The van der Waals surface area contributed by atoms with Gasteiger partial charge in [-0.05, 0) is 44.5 Å². The number of rotatable bonds is 7. The number of amides is 1. The Morgan fingerprint density at radius 3 is 2.11 bits per heavy atom. The molecule has 0 bridgehead atoms. The molecule has 2 N–H and O–H groups in total.